The van der Waals surface area contributed by atoms with E-state index in [1.165, 1.54) is 0 Å². The van der Waals surface area contributed by atoms with Crippen molar-refractivity contribution in [3.05, 3.63) is 17.8 Å². The zero-order chi connectivity index (χ0) is 11.5. The third-order valence-corrected chi connectivity index (χ3v) is 2.80. The van der Waals surface area contributed by atoms with E-state index in [4.69, 9.17) is 15.7 Å². The van der Waals surface area contributed by atoms with Crippen LogP contribution in [0.15, 0.2) is 12.3 Å². The van der Waals surface area contributed by atoms with E-state index in [2.05, 4.69) is 9.88 Å². The number of anilines is 2. The quantitative estimate of drug-likeness (QED) is 0.793. The summed E-state index contributed by atoms with van der Waals surface area (Å²) >= 11 is 0. The molecule has 1 aromatic heterocycles. The van der Waals surface area contributed by atoms with Crippen LogP contribution in [-0.4, -0.2) is 31.3 Å². The van der Waals surface area contributed by atoms with E-state index in [0.717, 1.165) is 25.3 Å². The van der Waals surface area contributed by atoms with E-state index >= 15 is 0 Å². The lowest BCUT2D eigenvalue weighted by molar-refractivity contribution is 0.121. The van der Waals surface area contributed by atoms with Crippen molar-refractivity contribution < 1.29 is 4.74 Å². The third-order valence-electron chi connectivity index (χ3n) is 2.80. The van der Waals surface area contributed by atoms with Crippen molar-refractivity contribution in [3.63, 3.8) is 0 Å². The molecule has 0 amide bonds. The number of aromatic nitrogens is 1. The van der Waals surface area contributed by atoms with Crippen LogP contribution in [0, 0.1) is 11.3 Å². The summed E-state index contributed by atoms with van der Waals surface area (Å²) in [4.78, 5) is 6.31. The van der Waals surface area contributed by atoms with Gasteiger partial charge in [0.2, 0.25) is 0 Å². The number of nitrogen functional groups attached to an aromatic ring is 1. The van der Waals surface area contributed by atoms with Gasteiger partial charge in [0.05, 0.1) is 17.4 Å². The lowest BCUT2D eigenvalue weighted by Gasteiger charge is -2.18. The van der Waals surface area contributed by atoms with Gasteiger partial charge in [0, 0.05) is 26.4 Å². The summed E-state index contributed by atoms with van der Waals surface area (Å²) in [7, 11) is 1.71. The Morgan fingerprint density at radius 1 is 1.69 bits per heavy atom. The molecule has 0 aliphatic carbocycles. The molecule has 0 spiro atoms. The normalized spacial score (nSPS) is 19.8. The second-order valence-corrected chi connectivity index (χ2v) is 3.84. The van der Waals surface area contributed by atoms with Crippen LogP contribution >= 0.6 is 0 Å². The molecule has 1 unspecified atom stereocenters. The van der Waals surface area contributed by atoms with E-state index < -0.39 is 0 Å². The molecule has 2 N–H and O–H groups in total. The number of nitrogens with zero attached hydrogens (tertiary/aromatic N) is 3. The number of nitriles is 1. The molecule has 0 aromatic carbocycles. The highest BCUT2D eigenvalue weighted by molar-refractivity contribution is 5.65. The molecule has 1 aromatic rings. The molecule has 5 nitrogen and oxygen atoms in total. The van der Waals surface area contributed by atoms with Crippen molar-refractivity contribution >= 4 is 11.5 Å². The Bertz CT molecular complexity index is 426. The topological polar surface area (TPSA) is 75.2 Å². The minimum absolute atomic E-state index is 0.247. The van der Waals surface area contributed by atoms with Gasteiger partial charge in [-0.2, -0.15) is 5.26 Å². The maximum atomic E-state index is 8.72. The van der Waals surface area contributed by atoms with E-state index in [0.29, 0.717) is 11.3 Å². The maximum Gasteiger partial charge on any atom is 0.151 e. The summed E-state index contributed by atoms with van der Waals surface area (Å²) in [6.07, 6.45) is 2.78. The zero-order valence-electron chi connectivity index (χ0n) is 9.18. The Hall–Kier alpha value is -1.80. The SMILES string of the molecule is COC1CCN(c2ncc(C#N)cc2N)C1. The van der Waals surface area contributed by atoms with Crippen molar-refractivity contribution in [1.82, 2.24) is 4.98 Å². The average Bonchev–Trinajstić information content (AvgIpc) is 2.77. The van der Waals surface area contributed by atoms with Crippen molar-refractivity contribution in [1.29, 1.82) is 5.26 Å². The minimum atomic E-state index is 0.247. The van der Waals surface area contributed by atoms with Gasteiger partial charge < -0.3 is 15.4 Å². The van der Waals surface area contributed by atoms with Crippen LogP contribution in [0.5, 0.6) is 0 Å². The molecule has 84 valence electrons. The molecular formula is C11H14N4O. The lowest BCUT2D eigenvalue weighted by Crippen LogP contribution is -2.24. The molecule has 2 heterocycles. The number of ether oxygens (including phenoxy) is 1. The smallest absolute Gasteiger partial charge is 0.151 e. The largest absolute Gasteiger partial charge is 0.396 e. The van der Waals surface area contributed by atoms with Crippen molar-refractivity contribution in [2.75, 3.05) is 30.8 Å². The molecule has 2 rings (SSSR count). The molecule has 1 atom stereocenters. The zero-order valence-corrected chi connectivity index (χ0v) is 9.18. The highest BCUT2D eigenvalue weighted by Crippen LogP contribution is 2.25. The predicted octanol–water partition coefficient (Wildman–Crippen LogP) is 0.761. The molecule has 0 radical (unpaired) electrons. The Morgan fingerprint density at radius 3 is 3.06 bits per heavy atom. The van der Waals surface area contributed by atoms with Crippen molar-refractivity contribution in [2.24, 2.45) is 0 Å². The van der Waals surface area contributed by atoms with Gasteiger partial charge in [-0.1, -0.05) is 0 Å². The van der Waals surface area contributed by atoms with Crippen LogP contribution < -0.4 is 10.6 Å². The fourth-order valence-corrected chi connectivity index (χ4v) is 1.91. The molecule has 0 saturated carbocycles. The minimum Gasteiger partial charge on any atom is -0.396 e. The molecule has 1 aliphatic heterocycles. The van der Waals surface area contributed by atoms with Crippen LogP contribution in [0.2, 0.25) is 0 Å². The Labute approximate surface area is 94.4 Å². The monoisotopic (exact) mass is 218 g/mol. The Balaban J connectivity index is 2.19. The number of rotatable bonds is 2. The highest BCUT2D eigenvalue weighted by Gasteiger charge is 2.24. The summed E-state index contributed by atoms with van der Waals surface area (Å²) in [5.74, 6) is 0.749. The van der Waals surface area contributed by atoms with E-state index in [9.17, 15) is 0 Å². The standard InChI is InChI=1S/C11H14N4O/c1-16-9-2-3-15(7-9)11-10(13)4-8(5-12)6-14-11/h4,6,9H,2-3,7,13H2,1H3. The Morgan fingerprint density at radius 2 is 2.50 bits per heavy atom. The fraction of sp³-hybridized carbons (Fsp3) is 0.455. The number of pyridine rings is 1. The van der Waals surface area contributed by atoms with Gasteiger partial charge in [-0.15, -0.1) is 0 Å². The molecule has 5 heteroatoms. The summed E-state index contributed by atoms with van der Waals surface area (Å²) in [5.41, 5.74) is 6.91. The number of hydrogen-bond acceptors (Lipinski definition) is 5. The predicted molar refractivity (Wildman–Crippen MR) is 61.0 cm³/mol. The number of nitrogens with two attached hydrogens (primary N) is 1. The number of methoxy groups -OCH3 is 1. The summed E-state index contributed by atoms with van der Waals surface area (Å²) in [5, 5.41) is 8.72. The first-order valence-corrected chi connectivity index (χ1v) is 5.18. The first-order valence-electron chi connectivity index (χ1n) is 5.18. The van der Waals surface area contributed by atoms with E-state index in [1.54, 1.807) is 19.4 Å². The lowest BCUT2D eigenvalue weighted by atomic mass is 10.2. The second kappa shape index (κ2) is 4.37. The van der Waals surface area contributed by atoms with Gasteiger partial charge in [0.1, 0.15) is 6.07 Å². The summed E-state index contributed by atoms with van der Waals surface area (Å²) in [6.45, 7) is 1.70. The molecule has 16 heavy (non-hydrogen) atoms. The van der Waals surface area contributed by atoms with Gasteiger partial charge in [-0.05, 0) is 12.5 Å². The maximum absolute atomic E-state index is 8.72. The molecule has 0 bridgehead atoms. The van der Waals surface area contributed by atoms with Gasteiger partial charge in [-0.25, -0.2) is 4.98 Å². The summed E-state index contributed by atoms with van der Waals surface area (Å²) in [6, 6.07) is 3.68. The van der Waals surface area contributed by atoms with Crippen LogP contribution in [-0.2, 0) is 4.74 Å². The molecule has 1 saturated heterocycles. The third kappa shape index (κ3) is 1.92. The molecular weight excluding hydrogens is 204 g/mol. The average molecular weight is 218 g/mol. The van der Waals surface area contributed by atoms with Crippen LogP contribution in [0.3, 0.4) is 0 Å². The van der Waals surface area contributed by atoms with Crippen LogP contribution in [0.25, 0.3) is 0 Å². The van der Waals surface area contributed by atoms with Crippen molar-refractivity contribution in [3.8, 4) is 6.07 Å². The first-order chi connectivity index (χ1) is 7.74. The fourth-order valence-electron chi connectivity index (χ4n) is 1.91. The highest BCUT2D eigenvalue weighted by atomic mass is 16.5. The van der Waals surface area contributed by atoms with E-state index in [-0.39, 0.29) is 6.10 Å². The number of hydrogen-bond donors (Lipinski definition) is 1. The van der Waals surface area contributed by atoms with Crippen molar-refractivity contribution in [2.45, 2.75) is 12.5 Å². The van der Waals surface area contributed by atoms with Crippen LogP contribution in [0.4, 0.5) is 11.5 Å². The van der Waals surface area contributed by atoms with Gasteiger partial charge >= 0.3 is 0 Å². The van der Waals surface area contributed by atoms with E-state index in [1.807, 2.05) is 6.07 Å². The van der Waals surface area contributed by atoms with Gasteiger partial charge in [0.15, 0.2) is 5.82 Å². The van der Waals surface area contributed by atoms with Gasteiger partial charge in [0.25, 0.3) is 0 Å². The first kappa shape index (κ1) is 10.7. The van der Waals surface area contributed by atoms with Crippen LogP contribution in [0.1, 0.15) is 12.0 Å². The molecule has 1 aliphatic rings. The molecule has 1 fully saturated rings. The summed E-state index contributed by atoms with van der Waals surface area (Å²) < 4.78 is 5.29. The Kier molecular flexibility index (Phi) is 2.93. The second-order valence-electron chi connectivity index (χ2n) is 3.84. The van der Waals surface area contributed by atoms with Gasteiger partial charge in [-0.3, -0.25) is 0 Å².